The summed E-state index contributed by atoms with van der Waals surface area (Å²) in [7, 11) is -2.08. The van der Waals surface area contributed by atoms with E-state index in [1.54, 1.807) is 0 Å². The standard InChI is InChI=1S/C25H27O3P/c1-5-9-18-13-15-24-22(20(18)11-7-3)17-23-21(12-8-4)19(10-6-2)14-16-25(23)28-29(26)27-24/h5-8,13-16,26H,1-4,9-12,17H2. The van der Waals surface area contributed by atoms with Crippen LogP contribution in [0.15, 0.2) is 74.9 Å². The Morgan fingerprint density at radius 3 is 1.52 bits per heavy atom. The van der Waals surface area contributed by atoms with Crippen LogP contribution in [0.2, 0.25) is 0 Å². The lowest BCUT2D eigenvalue weighted by Crippen LogP contribution is -2.11. The number of rotatable bonds is 8. The van der Waals surface area contributed by atoms with E-state index in [-0.39, 0.29) is 0 Å². The number of hydrogen-bond acceptors (Lipinski definition) is 3. The third kappa shape index (κ3) is 4.53. The van der Waals surface area contributed by atoms with Gasteiger partial charge >= 0.3 is 8.60 Å². The molecule has 0 fully saturated rings. The minimum absolute atomic E-state index is 0.649. The summed E-state index contributed by atoms with van der Waals surface area (Å²) >= 11 is 0. The molecular weight excluding hydrogens is 379 g/mol. The van der Waals surface area contributed by atoms with Gasteiger partial charge in [-0.1, -0.05) is 36.4 Å². The molecule has 1 aliphatic heterocycles. The van der Waals surface area contributed by atoms with Gasteiger partial charge in [0.25, 0.3) is 0 Å². The Labute approximate surface area is 174 Å². The van der Waals surface area contributed by atoms with Gasteiger partial charge in [0.05, 0.1) is 0 Å². The first-order valence-electron chi connectivity index (χ1n) is 9.68. The van der Waals surface area contributed by atoms with Gasteiger partial charge in [-0.2, -0.15) is 0 Å². The predicted molar refractivity (Wildman–Crippen MR) is 122 cm³/mol. The molecule has 0 aromatic heterocycles. The summed E-state index contributed by atoms with van der Waals surface area (Å²) < 4.78 is 11.6. The van der Waals surface area contributed by atoms with Crippen LogP contribution in [0.1, 0.15) is 33.4 Å². The topological polar surface area (TPSA) is 38.7 Å². The maximum absolute atomic E-state index is 10.4. The molecular formula is C25H27O3P. The van der Waals surface area contributed by atoms with E-state index in [1.807, 2.05) is 48.6 Å². The van der Waals surface area contributed by atoms with Crippen molar-refractivity contribution in [3.63, 3.8) is 0 Å². The Morgan fingerprint density at radius 2 is 1.14 bits per heavy atom. The minimum atomic E-state index is -2.08. The molecule has 1 aliphatic rings. The second-order valence-corrected chi connectivity index (χ2v) is 7.77. The first kappa shape index (κ1) is 21.1. The van der Waals surface area contributed by atoms with Gasteiger partial charge in [0.2, 0.25) is 0 Å². The van der Waals surface area contributed by atoms with Crippen LogP contribution >= 0.6 is 8.60 Å². The molecule has 1 N–H and O–H groups in total. The molecule has 0 unspecified atom stereocenters. The van der Waals surface area contributed by atoms with Crippen LogP contribution in [0, 0.1) is 0 Å². The number of fused-ring (bicyclic) bond motifs is 2. The number of hydrogen-bond donors (Lipinski definition) is 1. The van der Waals surface area contributed by atoms with E-state index in [9.17, 15) is 4.89 Å². The lowest BCUT2D eigenvalue weighted by molar-refractivity contribution is 0.374. The Hall–Kier alpha value is -2.61. The van der Waals surface area contributed by atoms with Gasteiger partial charge in [0.1, 0.15) is 11.5 Å². The summed E-state index contributed by atoms with van der Waals surface area (Å²) in [5.41, 5.74) is 6.87. The second-order valence-electron chi connectivity index (χ2n) is 6.93. The van der Waals surface area contributed by atoms with Gasteiger partial charge in [0.15, 0.2) is 0 Å². The van der Waals surface area contributed by atoms with Gasteiger partial charge in [-0.15, -0.1) is 26.3 Å². The summed E-state index contributed by atoms with van der Waals surface area (Å²) in [4.78, 5) is 10.4. The van der Waals surface area contributed by atoms with E-state index in [0.29, 0.717) is 17.9 Å². The summed E-state index contributed by atoms with van der Waals surface area (Å²) in [5, 5.41) is 0. The van der Waals surface area contributed by atoms with Crippen molar-refractivity contribution in [1.82, 2.24) is 0 Å². The molecule has 29 heavy (non-hydrogen) atoms. The highest BCUT2D eigenvalue weighted by molar-refractivity contribution is 7.41. The molecule has 0 radical (unpaired) electrons. The van der Waals surface area contributed by atoms with E-state index >= 15 is 0 Å². The van der Waals surface area contributed by atoms with Gasteiger partial charge in [0, 0.05) is 17.5 Å². The van der Waals surface area contributed by atoms with Crippen molar-refractivity contribution in [3.8, 4) is 11.5 Å². The molecule has 4 heteroatoms. The highest BCUT2D eigenvalue weighted by atomic mass is 31.2. The molecule has 0 aliphatic carbocycles. The van der Waals surface area contributed by atoms with Crippen molar-refractivity contribution in [2.75, 3.05) is 0 Å². The van der Waals surface area contributed by atoms with Crippen molar-refractivity contribution in [3.05, 3.63) is 108 Å². The lowest BCUT2D eigenvalue weighted by Gasteiger charge is -2.26. The molecule has 3 rings (SSSR count). The van der Waals surface area contributed by atoms with Crippen LogP contribution < -0.4 is 9.05 Å². The highest BCUT2D eigenvalue weighted by Crippen LogP contribution is 2.46. The van der Waals surface area contributed by atoms with E-state index in [4.69, 9.17) is 9.05 Å². The normalized spacial score (nSPS) is 13.0. The molecule has 150 valence electrons. The average molecular weight is 406 g/mol. The van der Waals surface area contributed by atoms with Gasteiger partial charge in [-0.05, 0) is 60.1 Å². The van der Waals surface area contributed by atoms with Gasteiger partial charge in [-0.25, -0.2) is 0 Å². The molecule has 0 atom stereocenters. The van der Waals surface area contributed by atoms with E-state index in [0.717, 1.165) is 36.8 Å². The summed E-state index contributed by atoms with van der Waals surface area (Å²) in [6, 6.07) is 7.90. The van der Waals surface area contributed by atoms with Gasteiger partial charge < -0.3 is 13.9 Å². The Bertz CT molecular complexity index is 870. The maximum atomic E-state index is 10.4. The zero-order valence-corrected chi connectivity index (χ0v) is 17.6. The van der Waals surface area contributed by atoms with E-state index in [1.165, 1.54) is 22.3 Å². The van der Waals surface area contributed by atoms with Crippen LogP contribution in [0.25, 0.3) is 0 Å². The summed E-state index contributed by atoms with van der Waals surface area (Å²) in [6.07, 6.45) is 11.2. The second kappa shape index (κ2) is 9.73. The van der Waals surface area contributed by atoms with Crippen LogP contribution in [0.3, 0.4) is 0 Å². The van der Waals surface area contributed by atoms with Gasteiger partial charge in [-0.3, -0.25) is 0 Å². The average Bonchev–Trinajstić information content (AvgIpc) is 2.69. The van der Waals surface area contributed by atoms with Crippen LogP contribution in [-0.4, -0.2) is 4.89 Å². The molecule has 0 saturated carbocycles. The largest absolute Gasteiger partial charge is 0.460 e. The third-order valence-electron chi connectivity index (χ3n) is 5.10. The first-order valence-corrected chi connectivity index (χ1v) is 10.8. The Balaban J connectivity index is 2.25. The van der Waals surface area contributed by atoms with Crippen molar-refractivity contribution in [2.24, 2.45) is 0 Å². The summed E-state index contributed by atoms with van der Waals surface area (Å²) in [5.74, 6) is 1.32. The minimum Gasteiger partial charge on any atom is -0.418 e. The molecule has 0 saturated heterocycles. The Kier molecular flexibility index (Phi) is 7.09. The molecule has 3 nitrogen and oxygen atoms in total. The molecule has 2 aromatic rings. The van der Waals surface area contributed by atoms with Crippen molar-refractivity contribution in [1.29, 1.82) is 0 Å². The van der Waals surface area contributed by atoms with Crippen molar-refractivity contribution in [2.45, 2.75) is 32.1 Å². The predicted octanol–water partition coefficient (Wildman–Crippen LogP) is 6.18. The molecule has 0 bridgehead atoms. The van der Waals surface area contributed by atoms with Crippen molar-refractivity contribution < 1.29 is 13.9 Å². The zero-order valence-electron chi connectivity index (χ0n) is 16.7. The fourth-order valence-corrected chi connectivity index (χ4v) is 4.57. The molecule has 1 heterocycles. The van der Waals surface area contributed by atoms with E-state index in [2.05, 4.69) is 26.3 Å². The van der Waals surface area contributed by atoms with Crippen molar-refractivity contribution >= 4 is 8.60 Å². The lowest BCUT2D eigenvalue weighted by atomic mass is 9.87. The Morgan fingerprint density at radius 1 is 0.724 bits per heavy atom. The molecule has 0 spiro atoms. The van der Waals surface area contributed by atoms with Crippen LogP contribution in [-0.2, 0) is 32.1 Å². The fourth-order valence-electron chi connectivity index (χ4n) is 3.85. The monoisotopic (exact) mass is 406 g/mol. The van der Waals surface area contributed by atoms with Crippen LogP contribution in [0.4, 0.5) is 0 Å². The van der Waals surface area contributed by atoms with Crippen LogP contribution in [0.5, 0.6) is 11.5 Å². The number of benzene rings is 2. The quantitative estimate of drug-likeness (QED) is 0.420. The molecule has 0 amide bonds. The van der Waals surface area contributed by atoms with E-state index < -0.39 is 8.60 Å². The highest BCUT2D eigenvalue weighted by Gasteiger charge is 2.26. The zero-order chi connectivity index (χ0) is 20.8. The smallest absolute Gasteiger partial charge is 0.418 e. The third-order valence-corrected chi connectivity index (χ3v) is 5.81. The molecule has 2 aromatic carbocycles. The maximum Gasteiger partial charge on any atom is 0.460 e. The first-order chi connectivity index (χ1) is 14.1. The SMILES string of the molecule is C=CCc1ccc2c(c1CC=C)Cc1c(ccc(CC=C)c1CC=C)OP(O)O2. The number of allylic oxidation sites excluding steroid dienone is 4. The summed E-state index contributed by atoms with van der Waals surface area (Å²) in [6.45, 7) is 15.6. The fraction of sp³-hybridized carbons (Fsp3) is 0.200.